The molecule has 6 aromatic rings. The van der Waals surface area contributed by atoms with Crippen LogP contribution in [-0.2, 0) is 21.4 Å². The molecule has 58 heavy (non-hydrogen) atoms. The van der Waals surface area contributed by atoms with Gasteiger partial charge in [0.05, 0.1) is 0 Å². The van der Waals surface area contributed by atoms with Gasteiger partial charge in [-0.2, -0.15) is 0 Å². The summed E-state index contributed by atoms with van der Waals surface area (Å²) < 4.78 is 2.63. The summed E-state index contributed by atoms with van der Waals surface area (Å²) in [4.78, 5) is 0. The second-order valence-corrected chi connectivity index (χ2v) is 30.8. The SMILES string of the molecule is Cc1ccc(-c2cccc3c2C=C(C(C)(C)C)[CH]3[Hf]([c]2cccc3c2[SiH2]c2ccccc2-3)[CH]2C(C(C)(C)C)=Cc3c(-c4ccc(C)c(C)c4C)cccc32)c(C)c1C. The summed E-state index contributed by atoms with van der Waals surface area (Å²) in [6.45, 7) is 28.7. The Kier molecular flexibility index (Phi) is 9.68. The van der Waals surface area contributed by atoms with E-state index in [0.29, 0.717) is 7.35 Å². The molecule has 1 heterocycles. The van der Waals surface area contributed by atoms with Crippen LogP contribution in [0, 0.1) is 52.4 Å². The molecule has 0 N–H and O–H groups in total. The van der Waals surface area contributed by atoms with Crippen molar-refractivity contribution in [2.24, 2.45) is 10.8 Å². The molecule has 0 radical (unpaired) electrons. The minimum atomic E-state index is -3.26. The van der Waals surface area contributed by atoms with Crippen LogP contribution in [0.25, 0.3) is 45.5 Å². The molecule has 9 rings (SSSR count). The number of aryl methyl sites for hydroxylation is 2. The van der Waals surface area contributed by atoms with Crippen molar-refractivity contribution >= 4 is 35.4 Å². The van der Waals surface area contributed by atoms with Crippen LogP contribution < -0.4 is 13.7 Å². The molecule has 0 bridgehead atoms. The van der Waals surface area contributed by atoms with Crippen LogP contribution in [0.5, 0.6) is 0 Å². The van der Waals surface area contributed by atoms with Gasteiger partial charge in [0.25, 0.3) is 0 Å². The van der Waals surface area contributed by atoms with Gasteiger partial charge in [0.1, 0.15) is 0 Å². The summed E-state index contributed by atoms with van der Waals surface area (Å²) in [6.07, 6.45) is 5.38. The van der Waals surface area contributed by atoms with E-state index in [4.69, 9.17) is 0 Å². The molecule has 0 fully saturated rings. The van der Waals surface area contributed by atoms with Crippen LogP contribution in [0.15, 0.2) is 114 Å². The molecule has 0 aromatic heterocycles. The van der Waals surface area contributed by atoms with Crippen LogP contribution >= 0.6 is 0 Å². The molecule has 0 saturated heterocycles. The summed E-state index contributed by atoms with van der Waals surface area (Å²) in [5, 5.41) is 3.36. The molecule has 6 aromatic carbocycles. The van der Waals surface area contributed by atoms with Crippen LogP contribution in [0.1, 0.15) is 105 Å². The van der Waals surface area contributed by atoms with Gasteiger partial charge in [0.2, 0.25) is 0 Å². The Balaban J connectivity index is 1.35. The molecule has 2 unspecified atom stereocenters. The average Bonchev–Trinajstić information content (AvgIpc) is 3.89. The third-order valence-electron chi connectivity index (χ3n) is 14.3. The number of hydrogen-bond acceptors (Lipinski definition) is 0. The van der Waals surface area contributed by atoms with Crippen molar-refractivity contribution in [3.8, 4) is 33.4 Å². The van der Waals surface area contributed by atoms with Crippen LogP contribution in [0.3, 0.4) is 0 Å². The Labute approximate surface area is 358 Å². The van der Waals surface area contributed by atoms with Gasteiger partial charge in [0, 0.05) is 0 Å². The fourth-order valence-corrected chi connectivity index (χ4v) is 31.7. The van der Waals surface area contributed by atoms with Gasteiger partial charge in [-0.15, -0.1) is 0 Å². The van der Waals surface area contributed by atoms with Crippen LogP contribution in [0.2, 0.25) is 0 Å². The first kappa shape index (κ1) is 39.4. The van der Waals surface area contributed by atoms with Crippen molar-refractivity contribution in [1.82, 2.24) is 0 Å². The zero-order valence-corrected chi connectivity index (χ0v) is 41.8. The number of benzene rings is 6. The Morgan fingerprint density at radius 2 is 0.879 bits per heavy atom. The van der Waals surface area contributed by atoms with Crippen molar-refractivity contribution in [2.45, 2.75) is 90.4 Å². The van der Waals surface area contributed by atoms with E-state index in [2.05, 4.69) is 198 Å². The molecular weight excluding hydrogens is 879 g/mol. The van der Waals surface area contributed by atoms with Crippen molar-refractivity contribution in [1.29, 1.82) is 0 Å². The maximum atomic E-state index is 2.69. The van der Waals surface area contributed by atoms with Crippen molar-refractivity contribution in [2.75, 3.05) is 0 Å². The van der Waals surface area contributed by atoms with E-state index in [-0.39, 0.29) is 10.8 Å². The predicted molar refractivity (Wildman–Crippen MR) is 252 cm³/mol. The van der Waals surface area contributed by atoms with Crippen molar-refractivity contribution in [3.05, 3.63) is 170 Å². The fourth-order valence-electron chi connectivity index (χ4n) is 10.6. The molecular formula is C56H59HfSi. The van der Waals surface area contributed by atoms with Gasteiger partial charge in [0.15, 0.2) is 0 Å². The zero-order chi connectivity index (χ0) is 41.0. The third kappa shape index (κ3) is 6.23. The summed E-state index contributed by atoms with van der Waals surface area (Å²) in [6, 6.07) is 41.0. The first-order chi connectivity index (χ1) is 27.6. The molecule has 2 aliphatic carbocycles. The second-order valence-electron chi connectivity index (χ2n) is 19.7. The summed E-state index contributed by atoms with van der Waals surface area (Å²) in [7, 11) is -0.652. The summed E-state index contributed by atoms with van der Waals surface area (Å²) >= 11 is -3.26. The molecule has 291 valence electrons. The number of rotatable bonds is 5. The molecule has 0 amide bonds. The first-order valence-corrected chi connectivity index (χ1v) is 28.8. The number of hydrogen-bond donors (Lipinski definition) is 0. The quantitative estimate of drug-likeness (QED) is 0.151. The van der Waals surface area contributed by atoms with Gasteiger partial charge >= 0.3 is 361 Å². The topological polar surface area (TPSA) is 0 Å². The number of fused-ring (bicyclic) bond motifs is 5. The van der Waals surface area contributed by atoms with Gasteiger partial charge in [-0.25, -0.2) is 0 Å². The summed E-state index contributed by atoms with van der Waals surface area (Å²) in [5.74, 6) is 0. The van der Waals surface area contributed by atoms with Gasteiger partial charge in [-0.05, 0) is 0 Å². The maximum absolute atomic E-state index is 3.26. The average molecular weight is 939 g/mol. The monoisotopic (exact) mass is 939 g/mol. The standard InChI is InChI=1S/2C22H25.C12H9Si.Hf/c2*1-14-10-11-19(16(3)15(14)2)20-9-7-8-17-12-18(13-21(17)20)22(4,5)6;1-3-7-11-9(5-1)10-6-2-4-8-12(10)13-11;/h2*7-13H,1-6H3;1-7H,13H2;. The van der Waals surface area contributed by atoms with E-state index in [0.717, 1.165) is 0 Å². The second kappa shape index (κ2) is 14.3. The van der Waals surface area contributed by atoms with Crippen molar-refractivity contribution in [3.63, 3.8) is 0 Å². The van der Waals surface area contributed by atoms with E-state index >= 15 is 0 Å². The Morgan fingerprint density at radius 1 is 0.431 bits per heavy atom. The molecule has 0 nitrogen and oxygen atoms in total. The molecule has 3 aliphatic rings. The first-order valence-electron chi connectivity index (χ1n) is 21.5. The zero-order valence-electron chi connectivity index (χ0n) is 36.8. The summed E-state index contributed by atoms with van der Waals surface area (Å²) in [5.41, 5.74) is 26.4. The normalized spacial score (nSPS) is 17.2. The van der Waals surface area contributed by atoms with Crippen molar-refractivity contribution < 1.29 is 21.4 Å². The third-order valence-corrected chi connectivity index (χ3v) is 30.6. The molecule has 1 aliphatic heterocycles. The molecule has 2 heteroatoms. The van der Waals surface area contributed by atoms with Gasteiger partial charge in [-0.3, -0.25) is 0 Å². The van der Waals surface area contributed by atoms with Crippen LogP contribution in [0.4, 0.5) is 0 Å². The minimum absolute atomic E-state index is 0.0128. The van der Waals surface area contributed by atoms with E-state index in [1.54, 1.807) is 36.0 Å². The van der Waals surface area contributed by atoms with Gasteiger partial charge in [-0.1, -0.05) is 0 Å². The predicted octanol–water partition coefficient (Wildman–Crippen LogP) is 12.6. The van der Waals surface area contributed by atoms with E-state index in [1.807, 2.05) is 0 Å². The Bertz CT molecular complexity index is 2600. The Hall–Kier alpha value is -4.11. The number of allylic oxidation sites excluding steroid dienone is 2. The fraction of sp³-hybridized carbons (Fsp3) is 0.286. The molecule has 2 atom stereocenters. The molecule has 0 spiro atoms. The Morgan fingerprint density at radius 3 is 1.38 bits per heavy atom. The van der Waals surface area contributed by atoms with Gasteiger partial charge < -0.3 is 0 Å². The van der Waals surface area contributed by atoms with E-state index in [1.165, 1.54) is 77.9 Å². The van der Waals surface area contributed by atoms with E-state index < -0.39 is 31.0 Å². The van der Waals surface area contributed by atoms with Crippen LogP contribution in [-0.4, -0.2) is 9.52 Å². The molecule has 0 saturated carbocycles. The van der Waals surface area contributed by atoms with E-state index in [9.17, 15) is 0 Å².